The second-order valence-corrected chi connectivity index (χ2v) is 6.88. The van der Waals surface area contributed by atoms with Crippen LogP contribution in [-0.4, -0.2) is 25.8 Å². The molecule has 0 amide bonds. The first kappa shape index (κ1) is 15.4. The lowest BCUT2D eigenvalue weighted by Gasteiger charge is -2.12. The van der Waals surface area contributed by atoms with Crippen LogP contribution in [0.4, 0.5) is 0 Å². The number of rotatable bonds is 1. The Morgan fingerprint density at radius 3 is 2.36 bits per heavy atom. The molecule has 1 N–H and O–H groups in total. The monoisotopic (exact) mass is 378 g/mol. The molecule has 0 spiro atoms. The molecule has 0 saturated heterocycles. The quantitative estimate of drug-likeness (QED) is 0.405. The molecular weight excluding hydrogens is 362 g/mol. The van der Waals surface area contributed by atoms with Gasteiger partial charge in [-0.3, -0.25) is 0 Å². The van der Waals surface area contributed by atoms with Crippen molar-refractivity contribution in [3.05, 3.63) is 30.5 Å². The Morgan fingerprint density at radius 1 is 0.857 bits per heavy atom. The number of aromatic nitrogens is 1. The summed E-state index contributed by atoms with van der Waals surface area (Å²) >= 11 is 0. The van der Waals surface area contributed by atoms with Crippen LogP contribution in [0.2, 0.25) is 0 Å². The Morgan fingerprint density at radius 2 is 1.57 bits per heavy atom. The zero-order valence-corrected chi connectivity index (χ0v) is 15.2. The average molecular weight is 378 g/mol. The van der Waals surface area contributed by atoms with Gasteiger partial charge in [-0.1, -0.05) is 0 Å². The number of aromatic hydroxyl groups is 1. The summed E-state index contributed by atoms with van der Waals surface area (Å²) in [4.78, 5) is 0. The first-order chi connectivity index (χ1) is 13.7. The number of aryl methyl sites for hydroxylation is 1. The summed E-state index contributed by atoms with van der Waals surface area (Å²) in [7, 11) is 3.58. The van der Waals surface area contributed by atoms with E-state index < -0.39 is 0 Å². The fraction of sp³-hybridized carbons (Fsp3) is 0.190. The summed E-state index contributed by atoms with van der Waals surface area (Å²) in [5, 5.41) is 14.9. The highest BCUT2D eigenvalue weighted by Crippen LogP contribution is 2.48. The second kappa shape index (κ2) is 5.22. The molecule has 0 unspecified atom stereocenters. The maximum absolute atomic E-state index is 10.8. The molecule has 1 aromatic heterocycles. The second-order valence-electron chi connectivity index (χ2n) is 6.88. The SMILES string of the molecule is COc1cc2c(c3c[n+](C)c4c5cc6c(cc5c(O)cc4c13)OCO6)OCO2. The smallest absolute Gasteiger partial charge is 0.231 e. The van der Waals surface area contributed by atoms with Crippen LogP contribution in [0.1, 0.15) is 0 Å². The van der Waals surface area contributed by atoms with Crippen molar-refractivity contribution in [1.29, 1.82) is 0 Å². The molecule has 0 bridgehead atoms. The fourth-order valence-corrected chi connectivity index (χ4v) is 4.21. The molecule has 0 fully saturated rings. The topological polar surface area (TPSA) is 70.3 Å². The predicted molar refractivity (Wildman–Crippen MR) is 101 cm³/mol. The van der Waals surface area contributed by atoms with Crippen LogP contribution in [0.25, 0.3) is 32.4 Å². The first-order valence-electron chi connectivity index (χ1n) is 8.83. The van der Waals surface area contributed by atoms with Crippen molar-refractivity contribution in [3.8, 4) is 34.5 Å². The molecule has 0 atom stereocenters. The summed E-state index contributed by atoms with van der Waals surface area (Å²) in [6.07, 6.45) is 1.99. The normalized spacial score (nSPS) is 14.4. The fourth-order valence-electron chi connectivity index (χ4n) is 4.21. The van der Waals surface area contributed by atoms with Gasteiger partial charge in [0.1, 0.15) is 18.5 Å². The van der Waals surface area contributed by atoms with Crippen molar-refractivity contribution in [2.45, 2.75) is 0 Å². The molecule has 4 aromatic rings. The minimum absolute atomic E-state index is 0.160. The molecule has 0 saturated carbocycles. The van der Waals surface area contributed by atoms with E-state index in [1.54, 1.807) is 13.2 Å². The van der Waals surface area contributed by atoms with Gasteiger partial charge in [0.25, 0.3) is 0 Å². The number of nitrogens with zero attached hydrogens (tertiary/aromatic N) is 1. The Balaban J connectivity index is 1.85. The zero-order valence-electron chi connectivity index (χ0n) is 15.2. The van der Waals surface area contributed by atoms with Gasteiger partial charge in [-0.2, -0.15) is 4.57 Å². The van der Waals surface area contributed by atoms with Crippen LogP contribution in [-0.2, 0) is 7.05 Å². The number of methoxy groups -OCH3 is 1. The number of benzene rings is 3. The van der Waals surface area contributed by atoms with Crippen LogP contribution in [0.3, 0.4) is 0 Å². The number of phenolic OH excluding ortho intramolecular Hbond substituents is 1. The summed E-state index contributed by atoms with van der Waals surface area (Å²) < 4.78 is 30.0. The third kappa shape index (κ3) is 1.85. The minimum atomic E-state index is 0.160. The Bertz CT molecular complexity index is 1330. The van der Waals surface area contributed by atoms with Crippen LogP contribution >= 0.6 is 0 Å². The van der Waals surface area contributed by atoms with E-state index >= 15 is 0 Å². The van der Waals surface area contributed by atoms with Gasteiger partial charge in [0, 0.05) is 16.8 Å². The highest BCUT2D eigenvalue weighted by molar-refractivity contribution is 6.18. The Kier molecular flexibility index (Phi) is 2.88. The van der Waals surface area contributed by atoms with E-state index in [1.807, 2.05) is 36.0 Å². The lowest BCUT2D eigenvalue weighted by Crippen LogP contribution is -2.28. The molecule has 6 rings (SSSR count). The van der Waals surface area contributed by atoms with Gasteiger partial charge in [-0.15, -0.1) is 0 Å². The number of hydrogen-bond donors (Lipinski definition) is 1. The van der Waals surface area contributed by atoms with Crippen LogP contribution < -0.4 is 28.3 Å². The van der Waals surface area contributed by atoms with Crippen molar-refractivity contribution in [3.63, 3.8) is 0 Å². The van der Waals surface area contributed by atoms with Crippen molar-refractivity contribution in [2.24, 2.45) is 7.05 Å². The van der Waals surface area contributed by atoms with Crippen molar-refractivity contribution in [2.75, 3.05) is 20.7 Å². The predicted octanol–water partition coefficient (Wildman–Crippen LogP) is 3.14. The molecular formula is C21H16NO6+. The van der Waals surface area contributed by atoms with E-state index in [0.29, 0.717) is 34.1 Å². The standard InChI is InChI=1S/C21H15NO6/c1-22-7-13-19(17(24-2)6-18-21(13)28-9-27-18)12-3-14(23)10-4-15-16(26-8-25-15)5-11(10)20(12)22/h3-7H,8-9H2,1-2H3/p+1. The van der Waals surface area contributed by atoms with Crippen LogP contribution in [0, 0.1) is 0 Å². The van der Waals surface area contributed by atoms with Crippen molar-refractivity contribution >= 4 is 32.4 Å². The number of fused-ring (bicyclic) bond motifs is 8. The molecule has 28 heavy (non-hydrogen) atoms. The Labute approximate surface area is 159 Å². The largest absolute Gasteiger partial charge is 0.507 e. The molecule has 140 valence electrons. The maximum atomic E-state index is 10.8. The summed E-state index contributed by atoms with van der Waals surface area (Å²) in [6.45, 7) is 0.350. The maximum Gasteiger partial charge on any atom is 0.231 e. The van der Waals surface area contributed by atoms with Crippen LogP contribution in [0.15, 0.2) is 30.5 Å². The van der Waals surface area contributed by atoms with Gasteiger partial charge in [-0.25, -0.2) is 0 Å². The highest BCUT2D eigenvalue weighted by Gasteiger charge is 2.28. The van der Waals surface area contributed by atoms with Gasteiger partial charge in [0.2, 0.25) is 19.1 Å². The molecule has 2 aliphatic heterocycles. The zero-order chi connectivity index (χ0) is 19.0. The number of pyridine rings is 1. The first-order valence-corrected chi connectivity index (χ1v) is 8.83. The lowest BCUT2D eigenvalue weighted by molar-refractivity contribution is -0.642. The molecule has 7 heteroatoms. The molecule has 2 aliphatic rings. The summed E-state index contributed by atoms with van der Waals surface area (Å²) in [5.74, 6) is 3.44. The number of ether oxygens (including phenoxy) is 5. The molecule has 3 aromatic carbocycles. The third-order valence-corrected chi connectivity index (χ3v) is 5.41. The van der Waals surface area contributed by atoms with Crippen molar-refractivity contribution in [1.82, 2.24) is 0 Å². The molecule has 7 nitrogen and oxygen atoms in total. The van der Waals surface area contributed by atoms with E-state index in [2.05, 4.69) is 0 Å². The van der Waals surface area contributed by atoms with E-state index in [9.17, 15) is 5.11 Å². The summed E-state index contributed by atoms with van der Waals surface area (Å²) in [6, 6.07) is 7.30. The molecule has 3 heterocycles. The van der Waals surface area contributed by atoms with Gasteiger partial charge < -0.3 is 28.8 Å². The highest BCUT2D eigenvalue weighted by atomic mass is 16.7. The molecule has 0 aliphatic carbocycles. The summed E-state index contributed by atoms with van der Waals surface area (Å²) in [5.41, 5.74) is 0.941. The lowest BCUT2D eigenvalue weighted by atomic mass is 9.98. The Hall–Kier alpha value is -3.61. The molecule has 0 radical (unpaired) electrons. The van der Waals surface area contributed by atoms with Gasteiger partial charge in [0.05, 0.1) is 23.3 Å². The van der Waals surface area contributed by atoms with E-state index in [0.717, 1.165) is 27.1 Å². The van der Waals surface area contributed by atoms with E-state index in [1.165, 1.54) is 0 Å². The van der Waals surface area contributed by atoms with E-state index in [-0.39, 0.29) is 19.3 Å². The average Bonchev–Trinajstić information content (AvgIpc) is 3.34. The van der Waals surface area contributed by atoms with Gasteiger partial charge in [0.15, 0.2) is 29.2 Å². The number of phenols is 1. The van der Waals surface area contributed by atoms with E-state index in [4.69, 9.17) is 23.7 Å². The third-order valence-electron chi connectivity index (χ3n) is 5.41. The van der Waals surface area contributed by atoms with Crippen molar-refractivity contribution < 1.29 is 33.4 Å². The number of hydrogen-bond acceptors (Lipinski definition) is 6. The van der Waals surface area contributed by atoms with Gasteiger partial charge in [-0.05, 0) is 18.2 Å². The van der Waals surface area contributed by atoms with Gasteiger partial charge >= 0.3 is 0 Å². The van der Waals surface area contributed by atoms with Crippen LogP contribution in [0.5, 0.6) is 34.5 Å². The minimum Gasteiger partial charge on any atom is -0.507 e.